The molecule has 0 bridgehead atoms. The van der Waals surface area contributed by atoms with Crippen molar-refractivity contribution in [2.75, 3.05) is 13.6 Å². The maximum absolute atomic E-state index is 10.5. The Labute approximate surface area is 114 Å². The van der Waals surface area contributed by atoms with Gasteiger partial charge in [0.15, 0.2) is 0 Å². The number of aliphatic hydroxyl groups excluding tert-OH is 1. The number of nitrogens with zero attached hydrogens (tertiary/aromatic N) is 1. The topological polar surface area (TPSA) is 23.5 Å². The van der Waals surface area contributed by atoms with Crippen LogP contribution in [0.2, 0.25) is 0 Å². The van der Waals surface area contributed by atoms with Crippen molar-refractivity contribution in [3.63, 3.8) is 0 Å². The van der Waals surface area contributed by atoms with Crippen molar-refractivity contribution < 1.29 is 5.11 Å². The standard InChI is InChI=1S/C16H33NO/c1-12(15(2,3)4)17(7)11-13-9-8-10-16(5,6)14(13)18/h12-14,18H,8-11H2,1-7H3. The third-order valence-corrected chi connectivity index (χ3v) is 5.08. The van der Waals surface area contributed by atoms with Crippen molar-refractivity contribution in [2.24, 2.45) is 16.7 Å². The first kappa shape index (κ1) is 16.0. The van der Waals surface area contributed by atoms with E-state index in [2.05, 4.69) is 53.5 Å². The molecule has 0 saturated heterocycles. The Morgan fingerprint density at radius 2 is 1.89 bits per heavy atom. The highest BCUT2D eigenvalue weighted by atomic mass is 16.3. The smallest absolute Gasteiger partial charge is 0.0631 e. The van der Waals surface area contributed by atoms with E-state index in [9.17, 15) is 5.11 Å². The minimum absolute atomic E-state index is 0.0920. The van der Waals surface area contributed by atoms with Gasteiger partial charge in [-0.15, -0.1) is 0 Å². The molecule has 2 nitrogen and oxygen atoms in total. The Bertz CT molecular complexity index is 267. The molecule has 0 aromatic heterocycles. The zero-order chi connectivity index (χ0) is 14.1. The fourth-order valence-corrected chi connectivity index (χ4v) is 3.14. The van der Waals surface area contributed by atoms with E-state index in [-0.39, 0.29) is 11.5 Å². The van der Waals surface area contributed by atoms with Gasteiger partial charge in [-0.3, -0.25) is 0 Å². The molecule has 0 spiro atoms. The van der Waals surface area contributed by atoms with Gasteiger partial charge in [0.05, 0.1) is 6.10 Å². The molecule has 0 amide bonds. The summed E-state index contributed by atoms with van der Waals surface area (Å²) in [4.78, 5) is 2.43. The van der Waals surface area contributed by atoms with Gasteiger partial charge in [-0.25, -0.2) is 0 Å². The fourth-order valence-electron chi connectivity index (χ4n) is 3.14. The molecule has 1 fully saturated rings. The van der Waals surface area contributed by atoms with Crippen LogP contribution in [0.15, 0.2) is 0 Å². The quantitative estimate of drug-likeness (QED) is 0.834. The van der Waals surface area contributed by atoms with Crippen molar-refractivity contribution in [1.82, 2.24) is 4.90 Å². The van der Waals surface area contributed by atoms with Crippen LogP contribution in [0.4, 0.5) is 0 Å². The zero-order valence-electron chi connectivity index (χ0n) is 13.5. The SMILES string of the molecule is CC(N(C)CC1CCCC(C)(C)C1O)C(C)(C)C. The van der Waals surface area contributed by atoms with E-state index in [1.165, 1.54) is 12.8 Å². The van der Waals surface area contributed by atoms with Crippen LogP contribution < -0.4 is 0 Å². The first-order valence-electron chi connectivity index (χ1n) is 7.44. The predicted molar refractivity (Wildman–Crippen MR) is 78.7 cm³/mol. The van der Waals surface area contributed by atoms with Gasteiger partial charge < -0.3 is 10.0 Å². The first-order chi connectivity index (χ1) is 8.05. The molecule has 1 N–H and O–H groups in total. The summed E-state index contributed by atoms with van der Waals surface area (Å²) in [6.45, 7) is 14.6. The minimum Gasteiger partial charge on any atom is -0.392 e. The summed E-state index contributed by atoms with van der Waals surface area (Å²) in [5.74, 6) is 0.434. The molecule has 1 rings (SSSR count). The number of hydrogen-bond donors (Lipinski definition) is 1. The lowest BCUT2D eigenvalue weighted by Gasteiger charge is -2.44. The van der Waals surface area contributed by atoms with Gasteiger partial charge in [-0.05, 0) is 43.6 Å². The lowest BCUT2D eigenvalue weighted by atomic mass is 9.69. The molecule has 3 unspecified atom stereocenters. The largest absolute Gasteiger partial charge is 0.392 e. The highest BCUT2D eigenvalue weighted by Gasteiger charge is 2.38. The van der Waals surface area contributed by atoms with E-state index in [0.29, 0.717) is 17.4 Å². The van der Waals surface area contributed by atoms with Crippen molar-refractivity contribution in [1.29, 1.82) is 0 Å². The second kappa shape index (κ2) is 5.50. The average Bonchev–Trinajstić information content (AvgIpc) is 2.22. The van der Waals surface area contributed by atoms with Gasteiger partial charge in [-0.1, -0.05) is 41.0 Å². The van der Waals surface area contributed by atoms with Gasteiger partial charge >= 0.3 is 0 Å². The van der Waals surface area contributed by atoms with E-state index in [1.807, 2.05) is 0 Å². The monoisotopic (exact) mass is 255 g/mol. The molecule has 2 heteroatoms. The second-order valence-electron chi connectivity index (χ2n) is 8.07. The van der Waals surface area contributed by atoms with Crippen molar-refractivity contribution in [3.8, 4) is 0 Å². The summed E-state index contributed by atoms with van der Waals surface area (Å²) in [6.07, 6.45) is 3.43. The molecule has 1 aliphatic carbocycles. The number of rotatable bonds is 3. The molecule has 0 aromatic carbocycles. The van der Waals surface area contributed by atoms with E-state index >= 15 is 0 Å². The van der Waals surface area contributed by atoms with Gasteiger partial charge in [0.25, 0.3) is 0 Å². The summed E-state index contributed by atoms with van der Waals surface area (Å²) in [6, 6.07) is 0.537. The summed E-state index contributed by atoms with van der Waals surface area (Å²) >= 11 is 0. The van der Waals surface area contributed by atoms with Crippen LogP contribution in [0.3, 0.4) is 0 Å². The Balaban J connectivity index is 2.62. The molecule has 0 aromatic rings. The zero-order valence-corrected chi connectivity index (χ0v) is 13.5. The van der Waals surface area contributed by atoms with Crippen LogP contribution in [0.25, 0.3) is 0 Å². The van der Waals surface area contributed by atoms with Crippen LogP contribution in [0.1, 0.15) is 60.8 Å². The Morgan fingerprint density at radius 1 is 1.33 bits per heavy atom. The summed E-state index contributed by atoms with van der Waals surface area (Å²) in [5.41, 5.74) is 0.388. The molecule has 1 aliphatic rings. The van der Waals surface area contributed by atoms with E-state index in [0.717, 1.165) is 13.0 Å². The lowest BCUT2D eigenvalue weighted by molar-refractivity contribution is -0.0475. The Hall–Kier alpha value is -0.0800. The number of hydrogen-bond acceptors (Lipinski definition) is 2. The van der Waals surface area contributed by atoms with E-state index in [4.69, 9.17) is 0 Å². The van der Waals surface area contributed by atoms with Gasteiger partial charge in [0.2, 0.25) is 0 Å². The van der Waals surface area contributed by atoms with Gasteiger partial charge in [0, 0.05) is 12.6 Å². The van der Waals surface area contributed by atoms with Crippen LogP contribution in [0.5, 0.6) is 0 Å². The molecule has 1 saturated carbocycles. The molecule has 108 valence electrons. The Kier molecular flexibility index (Phi) is 4.88. The summed E-state index contributed by atoms with van der Waals surface area (Å²) in [7, 11) is 2.20. The lowest BCUT2D eigenvalue weighted by Crippen LogP contribution is -2.48. The fraction of sp³-hybridized carbons (Fsp3) is 1.00. The van der Waals surface area contributed by atoms with Gasteiger partial charge in [0.1, 0.15) is 0 Å². The van der Waals surface area contributed by atoms with Gasteiger partial charge in [-0.2, -0.15) is 0 Å². The number of aliphatic hydroxyl groups is 1. The van der Waals surface area contributed by atoms with E-state index in [1.54, 1.807) is 0 Å². The summed E-state index contributed by atoms with van der Waals surface area (Å²) in [5, 5.41) is 10.5. The first-order valence-corrected chi connectivity index (χ1v) is 7.44. The summed E-state index contributed by atoms with van der Waals surface area (Å²) < 4.78 is 0. The molecular weight excluding hydrogens is 222 g/mol. The molecule has 0 heterocycles. The van der Waals surface area contributed by atoms with Crippen molar-refractivity contribution in [3.05, 3.63) is 0 Å². The highest BCUT2D eigenvalue weighted by Crippen LogP contribution is 2.39. The molecule has 0 radical (unpaired) electrons. The third kappa shape index (κ3) is 3.71. The second-order valence-corrected chi connectivity index (χ2v) is 8.07. The third-order valence-electron chi connectivity index (χ3n) is 5.08. The van der Waals surface area contributed by atoms with E-state index < -0.39 is 0 Å². The minimum atomic E-state index is -0.152. The van der Waals surface area contributed by atoms with Crippen LogP contribution in [0, 0.1) is 16.7 Å². The molecular formula is C16H33NO. The highest BCUT2D eigenvalue weighted by molar-refractivity contribution is 4.90. The van der Waals surface area contributed by atoms with Crippen LogP contribution in [-0.4, -0.2) is 35.7 Å². The molecule has 3 atom stereocenters. The van der Waals surface area contributed by atoms with Crippen LogP contribution >= 0.6 is 0 Å². The molecule has 0 aliphatic heterocycles. The average molecular weight is 255 g/mol. The van der Waals surface area contributed by atoms with Crippen molar-refractivity contribution >= 4 is 0 Å². The Morgan fingerprint density at radius 3 is 2.39 bits per heavy atom. The van der Waals surface area contributed by atoms with Crippen LogP contribution in [-0.2, 0) is 0 Å². The van der Waals surface area contributed by atoms with Crippen molar-refractivity contribution in [2.45, 2.75) is 73.0 Å². The molecule has 18 heavy (non-hydrogen) atoms. The normalized spacial score (nSPS) is 30.5. The maximum atomic E-state index is 10.5. The predicted octanol–water partition coefficient (Wildman–Crippen LogP) is 3.54. The maximum Gasteiger partial charge on any atom is 0.0631 e.